The number of hydrogen-bond donors (Lipinski definition) is 7. The van der Waals surface area contributed by atoms with E-state index in [-0.39, 0.29) is 19.4 Å². The van der Waals surface area contributed by atoms with Crippen LogP contribution in [0.5, 0.6) is 0 Å². The summed E-state index contributed by atoms with van der Waals surface area (Å²) in [5, 5.41) is 72.2. The topological polar surface area (TPSA) is 231 Å². The first-order valence-corrected chi connectivity index (χ1v) is 29.6. The smallest absolute Gasteiger partial charge is 0.306 e. The van der Waals surface area contributed by atoms with Gasteiger partial charge in [-0.3, -0.25) is 9.59 Å². The average Bonchev–Trinajstić information content (AvgIpc) is 3.39. The molecule has 15 heteroatoms. The third-order valence-corrected chi connectivity index (χ3v) is 14.1. The van der Waals surface area contributed by atoms with E-state index in [9.17, 15) is 45.3 Å². The standard InChI is InChI=1S/C59H106O15/c1-3-5-7-9-11-13-15-17-19-20-21-22-23-24-25-26-28-29-31-33-35-37-39-41-50(61)69-44-47(72-51(62)42-40-38-36-34-32-30-27-18-16-14-12-10-8-6-4-2)45-70-58-57(68)55(66)53(64)49(74-58)46-71-59-56(67)54(65)52(63)48(43-60)73-59/h10,12,26,28,33,35,47-49,52-60,63-68H,3-9,11,13-25,27,29-32,34,36-46H2,1-2H3/b12-10+,28-26+,35-33+/t47-,48+,49+,52-,53-,54?,55?,56?,57?,58+,59+/m0/s1. The molecule has 0 saturated carbocycles. The maximum Gasteiger partial charge on any atom is 0.306 e. The van der Waals surface area contributed by atoms with Crippen molar-refractivity contribution in [2.45, 2.75) is 300 Å². The number of rotatable bonds is 47. The molecule has 7 N–H and O–H groups in total. The molecule has 0 aromatic carbocycles. The summed E-state index contributed by atoms with van der Waals surface area (Å²) in [6.07, 6.45) is 34.7. The van der Waals surface area contributed by atoms with Gasteiger partial charge in [0.2, 0.25) is 0 Å². The van der Waals surface area contributed by atoms with Gasteiger partial charge in [0, 0.05) is 12.8 Å². The summed E-state index contributed by atoms with van der Waals surface area (Å²) in [6, 6.07) is 0. The zero-order valence-electron chi connectivity index (χ0n) is 46.1. The maximum absolute atomic E-state index is 13.0. The highest BCUT2D eigenvalue weighted by molar-refractivity contribution is 5.70. The minimum absolute atomic E-state index is 0.155. The van der Waals surface area contributed by atoms with Gasteiger partial charge in [-0.2, -0.15) is 0 Å². The fourth-order valence-electron chi connectivity index (χ4n) is 9.22. The van der Waals surface area contributed by atoms with Crippen molar-refractivity contribution in [3.8, 4) is 0 Å². The van der Waals surface area contributed by atoms with E-state index in [1.54, 1.807) is 0 Å². The van der Waals surface area contributed by atoms with Crippen molar-refractivity contribution in [3.05, 3.63) is 36.5 Å². The van der Waals surface area contributed by atoms with Gasteiger partial charge in [0.15, 0.2) is 18.7 Å². The third kappa shape index (κ3) is 32.5. The average molecular weight is 1060 g/mol. The second-order valence-electron chi connectivity index (χ2n) is 20.8. The second kappa shape index (κ2) is 45.7. The molecule has 2 heterocycles. The van der Waals surface area contributed by atoms with E-state index in [1.807, 2.05) is 0 Å². The van der Waals surface area contributed by atoms with Gasteiger partial charge in [-0.25, -0.2) is 0 Å². The molecule has 0 radical (unpaired) electrons. The summed E-state index contributed by atoms with van der Waals surface area (Å²) in [5.74, 6) is -0.970. The van der Waals surface area contributed by atoms with Crippen LogP contribution in [0.3, 0.4) is 0 Å². The molecule has 2 aliphatic heterocycles. The number of carbonyl (C=O) groups excluding carboxylic acids is 2. The largest absolute Gasteiger partial charge is 0.462 e. The van der Waals surface area contributed by atoms with Gasteiger partial charge in [-0.15, -0.1) is 0 Å². The van der Waals surface area contributed by atoms with Crippen LogP contribution >= 0.6 is 0 Å². The Bertz CT molecular complexity index is 1430. The van der Waals surface area contributed by atoms with Crippen LogP contribution in [-0.2, 0) is 38.0 Å². The first-order chi connectivity index (χ1) is 36.0. The van der Waals surface area contributed by atoms with Crippen molar-refractivity contribution in [2.75, 3.05) is 26.4 Å². The number of unbranched alkanes of at least 4 members (excludes halogenated alkanes) is 27. The number of ether oxygens (including phenoxy) is 6. The SMILES string of the molecule is CCCC/C=C/CCCCCCCCCCCC(=O)O[C@@H](COC(=O)CCC/C=C/CC/C=C/CCCCCCCCCCCCCCCC)CO[C@@H]1O[C@H](CO[C@@H]2O[C@H](CO)[C@H](O)C(O)C2O)[C@H](O)C(O)C1O. The summed E-state index contributed by atoms with van der Waals surface area (Å²) in [5.41, 5.74) is 0. The fourth-order valence-corrected chi connectivity index (χ4v) is 9.22. The van der Waals surface area contributed by atoms with Gasteiger partial charge in [-0.1, -0.05) is 192 Å². The molecule has 0 amide bonds. The van der Waals surface area contributed by atoms with Crippen molar-refractivity contribution < 1.29 is 73.8 Å². The first kappa shape index (κ1) is 67.8. The molecule has 2 fully saturated rings. The lowest BCUT2D eigenvalue weighted by molar-refractivity contribution is -0.332. The Labute approximate surface area is 446 Å². The first-order valence-electron chi connectivity index (χ1n) is 29.6. The quantitative estimate of drug-likeness (QED) is 0.0171. The molecular weight excluding hydrogens is 949 g/mol. The van der Waals surface area contributed by atoms with E-state index in [0.717, 1.165) is 51.4 Å². The minimum Gasteiger partial charge on any atom is -0.462 e. The molecule has 2 rings (SSSR count). The van der Waals surface area contributed by atoms with Gasteiger partial charge in [0.05, 0.1) is 19.8 Å². The van der Waals surface area contributed by atoms with Crippen molar-refractivity contribution in [2.24, 2.45) is 0 Å². The molecule has 0 aromatic heterocycles. The number of allylic oxidation sites excluding steroid dienone is 6. The van der Waals surface area contributed by atoms with Crippen LogP contribution in [0.1, 0.15) is 232 Å². The maximum atomic E-state index is 13.0. The fraction of sp³-hybridized carbons (Fsp3) is 0.864. The molecule has 74 heavy (non-hydrogen) atoms. The van der Waals surface area contributed by atoms with Gasteiger partial charge in [0.25, 0.3) is 0 Å². The van der Waals surface area contributed by atoms with E-state index in [0.29, 0.717) is 19.3 Å². The third-order valence-electron chi connectivity index (χ3n) is 14.1. The molecule has 0 bridgehead atoms. The van der Waals surface area contributed by atoms with Gasteiger partial charge in [-0.05, 0) is 64.2 Å². The molecule has 2 aliphatic rings. The number of hydrogen-bond acceptors (Lipinski definition) is 15. The molecule has 432 valence electrons. The Morgan fingerprint density at radius 1 is 0.419 bits per heavy atom. The highest BCUT2D eigenvalue weighted by atomic mass is 16.7. The van der Waals surface area contributed by atoms with Crippen molar-refractivity contribution in [1.29, 1.82) is 0 Å². The van der Waals surface area contributed by atoms with Crippen LogP contribution < -0.4 is 0 Å². The monoisotopic (exact) mass is 1050 g/mol. The van der Waals surface area contributed by atoms with Crippen molar-refractivity contribution >= 4 is 11.9 Å². The Morgan fingerprint density at radius 2 is 0.811 bits per heavy atom. The summed E-state index contributed by atoms with van der Waals surface area (Å²) >= 11 is 0. The Hall–Kier alpha value is -2.28. The van der Waals surface area contributed by atoms with Crippen LogP contribution in [0, 0.1) is 0 Å². The van der Waals surface area contributed by atoms with Crippen LogP contribution in [-0.4, -0.2) is 142 Å². The lowest BCUT2D eigenvalue weighted by atomic mass is 9.98. The lowest BCUT2D eigenvalue weighted by Crippen LogP contribution is -2.61. The Balaban J connectivity index is 1.74. The molecular formula is C59H106O15. The highest BCUT2D eigenvalue weighted by Crippen LogP contribution is 2.27. The zero-order valence-corrected chi connectivity index (χ0v) is 46.1. The lowest BCUT2D eigenvalue weighted by Gasteiger charge is -2.42. The van der Waals surface area contributed by atoms with E-state index >= 15 is 0 Å². The number of carbonyl (C=O) groups is 2. The summed E-state index contributed by atoms with van der Waals surface area (Å²) in [4.78, 5) is 25.9. The molecule has 0 aromatic rings. The summed E-state index contributed by atoms with van der Waals surface area (Å²) in [7, 11) is 0. The molecule has 15 nitrogen and oxygen atoms in total. The van der Waals surface area contributed by atoms with Crippen LogP contribution in [0.4, 0.5) is 0 Å². The molecule has 4 unspecified atom stereocenters. The van der Waals surface area contributed by atoms with Gasteiger partial charge >= 0.3 is 11.9 Å². The van der Waals surface area contributed by atoms with Crippen LogP contribution in [0.2, 0.25) is 0 Å². The van der Waals surface area contributed by atoms with Gasteiger partial charge < -0.3 is 64.2 Å². The van der Waals surface area contributed by atoms with E-state index in [4.69, 9.17) is 28.4 Å². The second-order valence-corrected chi connectivity index (χ2v) is 20.8. The number of aliphatic hydroxyl groups is 7. The molecule has 2 saturated heterocycles. The highest BCUT2D eigenvalue weighted by Gasteiger charge is 2.47. The molecule has 0 aliphatic carbocycles. The number of aliphatic hydroxyl groups excluding tert-OH is 7. The summed E-state index contributed by atoms with van der Waals surface area (Å²) in [6.45, 7) is 2.55. The van der Waals surface area contributed by atoms with Crippen molar-refractivity contribution in [1.82, 2.24) is 0 Å². The summed E-state index contributed by atoms with van der Waals surface area (Å²) < 4.78 is 33.6. The van der Waals surface area contributed by atoms with E-state index in [2.05, 4.69) is 50.3 Å². The predicted molar refractivity (Wildman–Crippen MR) is 289 cm³/mol. The number of esters is 2. The van der Waals surface area contributed by atoms with Crippen LogP contribution in [0.25, 0.3) is 0 Å². The normalized spacial score (nSPS) is 24.9. The van der Waals surface area contributed by atoms with E-state index in [1.165, 1.54) is 135 Å². The predicted octanol–water partition coefficient (Wildman–Crippen LogP) is 10.1. The Kier molecular flexibility index (Phi) is 41.9. The molecule has 11 atom stereocenters. The zero-order chi connectivity index (χ0) is 53.9. The van der Waals surface area contributed by atoms with Crippen LogP contribution in [0.15, 0.2) is 36.5 Å². The van der Waals surface area contributed by atoms with E-state index < -0.39 is 99.3 Å². The van der Waals surface area contributed by atoms with Gasteiger partial charge in [0.1, 0.15) is 55.4 Å². The molecule has 0 spiro atoms. The Morgan fingerprint density at radius 3 is 1.31 bits per heavy atom. The van der Waals surface area contributed by atoms with Crippen molar-refractivity contribution in [3.63, 3.8) is 0 Å². The minimum atomic E-state index is -1.77.